The molecular weight excluding hydrogens is 467 g/mol. The maximum Gasteiger partial charge on any atom is 0.258 e. The smallest absolute Gasteiger partial charge is 0.258 e. The lowest BCUT2D eigenvalue weighted by Crippen LogP contribution is -2.14. The zero-order chi connectivity index (χ0) is 18.8. The number of aromatic nitrogens is 2. The van der Waals surface area contributed by atoms with Crippen molar-refractivity contribution in [3.8, 4) is 11.5 Å². The van der Waals surface area contributed by atoms with Gasteiger partial charge >= 0.3 is 0 Å². The number of fused-ring (bicyclic) bond motifs is 1. The Hall–Kier alpha value is -1.65. The maximum absolute atomic E-state index is 12.7. The predicted molar refractivity (Wildman–Crippen MR) is 106 cm³/mol. The summed E-state index contributed by atoms with van der Waals surface area (Å²) in [5.41, 5.74) is 6.51. The molecule has 136 valence electrons. The molecule has 0 radical (unpaired) electrons. The van der Waals surface area contributed by atoms with Crippen molar-refractivity contribution in [3.05, 3.63) is 38.0 Å². The molecule has 2 heterocycles. The average molecular weight is 478 g/mol. The van der Waals surface area contributed by atoms with E-state index in [1.54, 1.807) is 11.6 Å². The second kappa shape index (κ2) is 7.93. The summed E-state index contributed by atoms with van der Waals surface area (Å²) in [6.07, 6.45) is 3.02. The molecular formula is C15H11BrCl2N4O3S. The molecule has 0 aliphatic heterocycles. The van der Waals surface area contributed by atoms with E-state index >= 15 is 0 Å². The second-order valence-electron chi connectivity index (χ2n) is 4.83. The van der Waals surface area contributed by atoms with Crippen molar-refractivity contribution in [2.75, 3.05) is 19.2 Å². The van der Waals surface area contributed by atoms with Gasteiger partial charge in [-0.2, -0.15) is 0 Å². The standard InChI is InChI=1S/C15H11BrCl2N4O3S/c1-24-13-8(16)14(25-4-19)10(18)12(9(13)17)22-15(23)6-3-26-7-2-20-5-21-11(6)7/h2-3,5H,4,19H2,1H3,(H,22,23). The van der Waals surface area contributed by atoms with Crippen molar-refractivity contribution in [2.45, 2.75) is 0 Å². The molecule has 3 rings (SSSR count). The summed E-state index contributed by atoms with van der Waals surface area (Å²) < 4.78 is 11.8. The van der Waals surface area contributed by atoms with Crippen LogP contribution in [-0.4, -0.2) is 29.7 Å². The number of hydrogen-bond acceptors (Lipinski definition) is 7. The van der Waals surface area contributed by atoms with Crippen LogP contribution in [0, 0.1) is 0 Å². The molecule has 7 nitrogen and oxygen atoms in total. The summed E-state index contributed by atoms with van der Waals surface area (Å²) in [5.74, 6) is 0.0392. The lowest BCUT2D eigenvalue weighted by atomic mass is 10.2. The van der Waals surface area contributed by atoms with Crippen molar-refractivity contribution in [1.82, 2.24) is 9.97 Å². The molecule has 3 N–H and O–H groups in total. The first-order valence-corrected chi connectivity index (χ1v) is 9.48. The van der Waals surface area contributed by atoms with Crippen LogP contribution in [0.2, 0.25) is 10.0 Å². The quantitative estimate of drug-likeness (QED) is 0.531. The van der Waals surface area contributed by atoms with Gasteiger partial charge in [0.25, 0.3) is 5.91 Å². The van der Waals surface area contributed by atoms with Crippen molar-refractivity contribution < 1.29 is 14.3 Å². The topological polar surface area (TPSA) is 99.4 Å². The number of hydrogen-bond donors (Lipinski definition) is 2. The number of nitrogens with one attached hydrogen (secondary N) is 1. The van der Waals surface area contributed by atoms with Gasteiger partial charge in [0.05, 0.1) is 28.6 Å². The van der Waals surface area contributed by atoms with E-state index in [2.05, 4.69) is 31.2 Å². The van der Waals surface area contributed by atoms with Gasteiger partial charge in [0.15, 0.2) is 11.5 Å². The van der Waals surface area contributed by atoms with Gasteiger partial charge in [-0.25, -0.2) is 9.97 Å². The van der Waals surface area contributed by atoms with E-state index < -0.39 is 5.91 Å². The molecule has 1 aromatic carbocycles. The van der Waals surface area contributed by atoms with Crippen LogP contribution in [0.15, 0.2) is 22.4 Å². The van der Waals surface area contributed by atoms with Gasteiger partial charge in [-0.3, -0.25) is 10.5 Å². The molecule has 0 unspecified atom stereocenters. The van der Waals surface area contributed by atoms with Crippen LogP contribution in [0.1, 0.15) is 10.4 Å². The predicted octanol–water partition coefficient (Wildman–Crippen LogP) is 4.32. The first-order chi connectivity index (χ1) is 12.5. The van der Waals surface area contributed by atoms with Gasteiger partial charge in [0.2, 0.25) is 0 Å². The summed E-state index contributed by atoms with van der Waals surface area (Å²) in [4.78, 5) is 20.8. The minimum atomic E-state index is -0.429. The molecule has 11 heteroatoms. The van der Waals surface area contributed by atoms with Gasteiger partial charge in [-0.05, 0) is 15.9 Å². The van der Waals surface area contributed by atoms with Crippen LogP contribution in [0.3, 0.4) is 0 Å². The van der Waals surface area contributed by atoms with Crippen LogP contribution in [0.25, 0.3) is 10.2 Å². The van der Waals surface area contributed by atoms with Gasteiger partial charge in [0.1, 0.15) is 27.6 Å². The highest BCUT2D eigenvalue weighted by Gasteiger charge is 2.25. The summed E-state index contributed by atoms with van der Waals surface area (Å²) in [6.45, 7) is -0.122. The number of methoxy groups -OCH3 is 1. The van der Waals surface area contributed by atoms with E-state index in [-0.39, 0.29) is 34.0 Å². The van der Waals surface area contributed by atoms with Crippen molar-refractivity contribution in [2.24, 2.45) is 5.73 Å². The number of carbonyl (C=O) groups excluding carboxylic acids is 1. The highest BCUT2D eigenvalue weighted by molar-refractivity contribution is 9.10. The van der Waals surface area contributed by atoms with Crippen LogP contribution in [0.4, 0.5) is 5.69 Å². The van der Waals surface area contributed by atoms with E-state index in [0.717, 1.165) is 4.70 Å². The number of nitrogens with two attached hydrogens (primary N) is 1. The van der Waals surface area contributed by atoms with Gasteiger partial charge in [-0.1, -0.05) is 23.2 Å². The lowest BCUT2D eigenvalue weighted by Gasteiger charge is -2.18. The SMILES string of the molecule is COc1c(Cl)c(NC(=O)c2csc3cncnc23)c(Cl)c(OCN)c1Br. The number of anilines is 1. The summed E-state index contributed by atoms with van der Waals surface area (Å²) in [6, 6.07) is 0. The molecule has 0 bridgehead atoms. The number of nitrogens with zero attached hydrogens (tertiary/aromatic N) is 2. The van der Waals surface area contributed by atoms with E-state index in [9.17, 15) is 4.79 Å². The number of amides is 1. The molecule has 2 aromatic heterocycles. The van der Waals surface area contributed by atoms with Crippen molar-refractivity contribution in [3.63, 3.8) is 0 Å². The Morgan fingerprint density at radius 2 is 2.12 bits per heavy atom. The Kier molecular flexibility index (Phi) is 5.83. The summed E-state index contributed by atoms with van der Waals surface area (Å²) in [5, 5.41) is 4.59. The van der Waals surface area contributed by atoms with Crippen LogP contribution >= 0.6 is 50.5 Å². The highest BCUT2D eigenvalue weighted by atomic mass is 79.9. The molecule has 0 aliphatic carbocycles. The number of carbonyl (C=O) groups is 1. The Balaban J connectivity index is 2.06. The zero-order valence-corrected chi connectivity index (χ0v) is 17.1. The van der Waals surface area contributed by atoms with E-state index in [0.29, 0.717) is 15.6 Å². The Morgan fingerprint density at radius 3 is 2.81 bits per heavy atom. The lowest BCUT2D eigenvalue weighted by molar-refractivity contribution is 0.102. The Labute approximate surface area is 170 Å². The normalized spacial score (nSPS) is 10.8. The average Bonchev–Trinajstić information content (AvgIpc) is 3.07. The van der Waals surface area contributed by atoms with Crippen LogP contribution in [0.5, 0.6) is 11.5 Å². The Morgan fingerprint density at radius 1 is 1.38 bits per heavy atom. The van der Waals surface area contributed by atoms with Gasteiger partial charge in [-0.15, -0.1) is 11.3 Å². The number of halogens is 3. The summed E-state index contributed by atoms with van der Waals surface area (Å²) >= 11 is 17.4. The van der Waals surface area contributed by atoms with E-state index in [1.165, 1.54) is 24.8 Å². The van der Waals surface area contributed by atoms with Crippen molar-refractivity contribution in [1.29, 1.82) is 0 Å². The third-order valence-electron chi connectivity index (χ3n) is 3.39. The molecule has 0 saturated heterocycles. The molecule has 0 spiro atoms. The van der Waals surface area contributed by atoms with Crippen LogP contribution in [-0.2, 0) is 0 Å². The number of thiophene rings is 1. The summed E-state index contributed by atoms with van der Waals surface area (Å²) in [7, 11) is 1.43. The molecule has 0 fully saturated rings. The second-order valence-corrected chi connectivity index (χ2v) is 7.29. The largest absolute Gasteiger partial charge is 0.494 e. The minimum absolute atomic E-state index is 0.0932. The molecule has 1 amide bonds. The molecule has 26 heavy (non-hydrogen) atoms. The fraction of sp³-hybridized carbons (Fsp3) is 0.133. The number of rotatable bonds is 5. The molecule has 0 saturated carbocycles. The zero-order valence-electron chi connectivity index (χ0n) is 13.2. The maximum atomic E-state index is 12.7. The van der Waals surface area contributed by atoms with Gasteiger partial charge in [0, 0.05) is 11.6 Å². The fourth-order valence-electron chi connectivity index (χ4n) is 2.24. The van der Waals surface area contributed by atoms with E-state index in [1.807, 2.05) is 0 Å². The monoisotopic (exact) mass is 476 g/mol. The third-order valence-corrected chi connectivity index (χ3v) is 5.74. The van der Waals surface area contributed by atoms with Crippen molar-refractivity contribution >= 4 is 72.3 Å². The Bertz CT molecular complexity index is 999. The molecule has 0 atom stereocenters. The first-order valence-electron chi connectivity index (χ1n) is 7.05. The van der Waals surface area contributed by atoms with E-state index in [4.69, 9.17) is 38.4 Å². The number of benzene rings is 1. The van der Waals surface area contributed by atoms with Gasteiger partial charge < -0.3 is 14.8 Å². The molecule has 3 aromatic rings. The minimum Gasteiger partial charge on any atom is -0.494 e. The fourth-order valence-corrected chi connectivity index (χ4v) is 4.66. The number of ether oxygens (including phenoxy) is 2. The van der Waals surface area contributed by atoms with Crippen LogP contribution < -0.4 is 20.5 Å². The molecule has 0 aliphatic rings. The first kappa shape index (κ1) is 19.1. The third kappa shape index (κ3) is 3.33. The highest BCUT2D eigenvalue weighted by Crippen LogP contribution is 2.50.